The molecule has 2 aliphatic heterocycles. The summed E-state index contributed by atoms with van der Waals surface area (Å²) in [5.41, 5.74) is 0.134. The van der Waals surface area contributed by atoms with Crippen molar-refractivity contribution >= 4 is 6.09 Å². The lowest BCUT2D eigenvalue weighted by Crippen LogP contribution is -2.51. The molecule has 0 spiro atoms. The molecule has 1 atom stereocenters. The fourth-order valence-corrected chi connectivity index (χ4v) is 2.57. The van der Waals surface area contributed by atoms with Crippen molar-refractivity contribution in [3.8, 4) is 0 Å². The van der Waals surface area contributed by atoms with Crippen molar-refractivity contribution < 1.29 is 9.53 Å². The van der Waals surface area contributed by atoms with E-state index >= 15 is 0 Å². The largest absolute Gasteiger partial charge is 0.449 e. The Labute approximate surface area is 91.0 Å². The number of nitrogens with one attached hydrogen (secondary N) is 1. The monoisotopic (exact) mass is 212 g/mol. The third-order valence-corrected chi connectivity index (χ3v) is 3.87. The number of hydrogen-bond donors (Lipinski definition) is 1. The van der Waals surface area contributed by atoms with Crippen LogP contribution in [0.25, 0.3) is 0 Å². The third kappa shape index (κ3) is 2.25. The minimum absolute atomic E-state index is 0.134. The van der Waals surface area contributed by atoms with Gasteiger partial charge in [-0.1, -0.05) is 6.92 Å². The minimum atomic E-state index is -0.264. The van der Waals surface area contributed by atoms with Crippen LogP contribution < -0.4 is 5.32 Å². The predicted octanol–water partition coefficient (Wildman–Crippen LogP) is 1.07. The normalized spacial score (nSPS) is 34.7. The predicted molar refractivity (Wildman–Crippen MR) is 57.7 cm³/mol. The molecule has 0 aromatic carbocycles. The highest BCUT2D eigenvalue weighted by atomic mass is 16.6. The molecule has 1 N–H and O–H groups in total. The van der Waals surface area contributed by atoms with Crippen molar-refractivity contribution in [2.24, 2.45) is 11.3 Å². The maximum absolute atomic E-state index is 10.9. The summed E-state index contributed by atoms with van der Waals surface area (Å²) in [4.78, 5) is 13.3. The highest BCUT2D eigenvalue weighted by Gasteiger charge is 2.39. The minimum Gasteiger partial charge on any atom is -0.449 e. The molecule has 4 nitrogen and oxygen atoms in total. The summed E-state index contributed by atoms with van der Waals surface area (Å²) in [7, 11) is 2.16. The second-order valence-electron chi connectivity index (χ2n) is 5.16. The van der Waals surface area contributed by atoms with Gasteiger partial charge >= 0.3 is 6.09 Å². The van der Waals surface area contributed by atoms with Gasteiger partial charge in [0.2, 0.25) is 0 Å². The maximum atomic E-state index is 10.9. The number of hydrogen-bond acceptors (Lipinski definition) is 3. The average molecular weight is 212 g/mol. The van der Waals surface area contributed by atoms with Crippen molar-refractivity contribution in [3.63, 3.8) is 0 Å². The molecule has 0 saturated carbocycles. The molecule has 15 heavy (non-hydrogen) atoms. The second-order valence-corrected chi connectivity index (χ2v) is 5.16. The first kappa shape index (κ1) is 10.7. The van der Waals surface area contributed by atoms with Crippen LogP contribution in [-0.4, -0.2) is 44.3 Å². The maximum Gasteiger partial charge on any atom is 0.407 e. The lowest BCUT2D eigenvalue weighted by molar-refractivity contribution is 0.00360. The van der Waals surface area contributed by atoms with Gasteiger partial charge in [-0.3, -0.25) is 0 Å². The van der Waals surface area contributed by atoms with Crippen LogP contribution in [0.2, 0.25) is 0 Å². The van der Waals surface area contributed by atoms with Crippen molar-refractivity contribution in [1.82, 2.24) is 10.2 Å². The zero-order chi connectivity index (χ0) is 10.9. The molecule has 2 aliphatic rings. The number of piperidine rings is 1. The lowest BCUT2D eigenvalue weighted by Gasteiger charge is -2.43. The Morgan fingerprint density at radius 3 is 2.67 bits per heavy atom. The Bertz CT molecular complexity index is 237. The third-order valence-electron chi connectivity index (χ3n) is 3.87. The number of cyclic esters (lactones) is 1. The molecule has 86 valence electrons. The molecular formula is C11H20N2O2. The fraction of sp³-hybridized carbons (Fsp3) is 0.909. The van der Waals surface area contributed by atoms with Crippen LogP contribution in [0.5, 0.6) is 0 Å². The van der Waals surface area contributed by atoms with Gasteiger partial charge in [0, 0.05) is 12.0 Å². The Kier molecular flexibility index (Phi) is 2.87. The SMILES string of the molecule is CN1CCC(C2(C)CNC(=O)OC2)CC1. The Morgan fingerprint density at radius 1 is 1.47 bits per heavy atom. The molecule has 2 saturated heterocycles. The van der Waals surface area contributed by atoms with E-state index in [1.165, 1.54) is 12.8 Å². The molecule has 0 bridgehead atoms. The lowest BCUT2D eigenvalue weighted by atomic mass is 9.72. The molecule has 0 radical (unpaired) electrons. The highest BCUT2D eigenvalue weighted by molar-refractivity contribution is 5.68. The van der Waals surface area contributed by atoms with E-state index in [9.17, 15) is 4.79 Å². The van der Waals surface area contributed by atoms with Crippen LogP contribution in [-0.2, 0) is 4.74 Å². The van der Waals surface area contributed by atoms with E-state index in [4.69, 9.17) is 4.74 Å². The number of likely N-dealkylation sites (tertiary alicyclic amines) is 1. The van der Waals surface area contributed by atoms with Crippen molar-refractivity contribution in [2.45, 2.75) is 19.8 Å². The van der Waals surface area contributed by atoms with Crippen LogP contribution in [0.3, 0.4) is 0 Å². The zero-order valence-electron chi connectivity index (χ0n) is 9.58. The number of alkyl carbamates (subject to hydrolysis) is 1. The first-order valence-electron chi connectivity index (χ1n) is 5.69. The van der Waals surface area contributed by atoms with Gasteiger partial charge in [-0.25, -0.2) is 4.79 Å². The van der Waals surface area contributed by atoms with Crippen molar-refractivity contribution in [2.75, 3.05) is 33.3 Å². The van der Waals surface area contributed by atoms with Crippen LogP contribution in [0.1, 0.15) is 19.8 Å². The summed E-state index contributed by atoms with van der Waals surface area (Å²) in [6.07, 6.45) is 2.17. The first-order valence-corrected chi connectivity index (χ1v) is 5.69. The van der Waals surface area contributed by atoms with Gasteiger partial charge in [0.1, 0.15) is 6.61 Å². The van der Waals surface area contributed by atoms with Gasteiger partial charge in [-0.2, -0.15) is 0 Å². The summed E-state index contributed by atoms with van der Waals surface area (Å²) >= 11 is 0. The molecule has 4 heteroatoms. The quantitative estimate of drug-likeness (QED) is 0.707. The topological polar surface area (TPSA) is 41.6 Å². The van der Waals surface area contributed by atoms with Crippen LogP contribution in [0.4, 0.5) is 4.79 Å². The van der Waals surface area contributed by atoms with E-state index < -0.39 is 0 Å². The van der Waals surface area contributed by atoms with Crippen molar-refractivity contribution in [1.29, 1.82) is 0 Å². The van der Waals surface area contributed by atoms with Gasteiger partial charge < -0.3 is 15.0 Å². The Hall–Kier alpha value is -0.770. The first-order chi connectivity index (χ1) is 7.10. The van der Waals surface area contributed by atoms with Gasteiger partial charge in [-0.05, 0) is 38.9 Å². The van der Waals surface area contributed by atoms with Crippen molar-refractivity contribution in [3.05, 3.63) is 0 Å². The van der Waals surface area contributed by atoms with E-state index in [0.29, 0.717) is 12.5 Å². The molecule has 0 aliphatic carbocycles. The van der Waals surface area contributed by atoms with Crippen LogP contribution in [0.15, 0.2) is 0 Å². The summed E-state index contributed by atoms with van der Waals surface area (Å²) in [5.74, 6) is 0.675. The molecule has 0 aromatic rings. The summed E-state index contributed by atoms with van der Waals surface area (Å²) in [6, 6.07) is 0. The standard InChI is InChI=1S/C11H20N2O2/c1-11(7-12-10(14)15-8-11)9-3-5-13(2)6-4-9/h9H,3-8H2,1-2H3,(H,12,14). The van der Waals surface area contributed by atoms with E-state index in [2.05, 4.69) is 24.2 Å². The smallest absolute Gasteiger partial charge is 0.407 e. The van der Waals surface area contributed by atoms with E-state index in [-0.39, 0.29) is 11.5 Å². The second kappa shape index (κ2) is 4.00. The Balaban J connectivity index is 1.94. The molecule has 1 unspecified atom stereocenters. The van der Waals surface area contributed by atoms with Gasteiger partial charge in [0.05, 0.1) is 0 Å². The number of carbonyl (C=O) groups excluding carboxylic acids is 1. The van der Waals surface area contributed by atoms with Gasteiger partial charge in [0.15, 0.2) is 0 Å². The van der Waals surface area contributed by atoms with E-state index in [1.54, 1.807) is 0 Å². The average Bonchev–Trinajstić information content (AvgIpc) is 2.24. The number of amides is 1. The van der Waals surface area contributed by atoms with E-state index in [1.807, 2.05) is 0 Å². The van der Waals surface area contributed by atoms with Gasteiger partial charge in [-0.15, -0.1) is 0 Å². The Morgan fingerprint density at radius 2 is 2.13 bits per heavy atom. The zero-order valence-corrected chi connectivity index (χ0v) is 9.58. The summed E-state index contributed by atoms with van der Waals surface area (Å²) < 4.78 is 5.11. The van der Waals surface area contributed by atoms with E-state index in [0.717, 1.165) is 19.6 Å². The van der Waals surface area contributed by atoms with Crippen LogP contribution in [0, 0.1) is 11.3 Å². The summed E-state index contributed by atoms with van der Waals surface area (Å²) in [6.45, 7) is 5.89. The summed E-state index contributed by atoms with van der Waals surface area (Å²) in [5, 5.41) is 2.81. The number of carbonyl (C=O) groups is 1. The molecule has 2 fully saturated rings. The highest BCUT2D eigenvalue weighted by Crippen LogP contribution is 2.36. The number of ether oxygens (including phenoxy) is 1. The fourth-order valence-electron chi connectivity index (χ4n) is 2.57. The molecular weight excluding hydrogens is 192 g/mol. The number of rotatable bonds is 1. The molecule has 0 aromatic heterocycles. The molecule has 2 heterocycles. The van der Waals surface area contributed by atoms with Crippen LogP contribution >= 0.6 is 0 Å². The molecule has 2 rings (SSSR count). The number of nitrogens with zero attached hydrogens (tertiary/aromatic N) is 1. The van der Waals surface area contributed by atoms with Gasteiger partial charge in [0.25, 0.3) is 0 Å². The molecule has 1 amide bonds.